The van der Waals surface area contributed by atoms with Crippen molar-refractivity contribution in [1.82, 2.24) is 0 Å². The summed E-state index contributed by atoms with van der Waals surface area (Å²) in [6.07, 6.45) is 2.07. The van der Waals surface area contributed by atoms with Crippen LogP contribution < -0.4 is 0 Å². The highest BCUT2D eigenvalue weighted by molar-refractivity contribution is 8.50. The molecule has 72 valence electrons. The zero-order valence-electron chi connectivity index (χ0n) is 8.24. The first-order chi connectivity index (χ1) is 5.60. The molecule has 3 atom stereocenters. The summed E-state index contributed by atoms with van der Waals surface area (Å²) >= 11 is 1.43. The Labute approximate surface area is 80.1 Å². The molecule has 2 nitrogen and oxygen atoms in total. The molecule has 0 aliphatic carbocycles. The van der Waals surface area contributed by atoms with Gasteiger partial charge in [0.2, 0.25) is 0 Å². The van der Waals surface area contributed by atoms with Crippen molar-refractivity contribution >= 4 is 18.6 Å². The lowest BCUT2D eigenvalue weighted by Gasteiger charge is -2.00. The molecule has 4 heteroatoms. The van der Waals surface area contributed by atoms with Crippen LogP contribution in [0.25, 0.3) is 0 Å². The minimum absolute atomic E-state index is 0.116. The van der Waals surface area contributed by atoms with Crippen LogP contribution in [0.4, 0.5) is 0 Å². The molecule has 0 N–H and O–H groups in total. The fraction of sp³-hybridized carbons (Fsp3) is 1.00. The first-order valence-electron chi connectivity index (χ1n) is 4.40. The molecular weight excluding hydrogens is 191 g/mol. The zero-order valence-corrected chi connectivity index (χ0v) is 9.95. The van der Waals surface area contributed by atoms with E-state index in [2.05, 4.69) is 13.8 Å². The fourth-order valence-corrected chi connectivity index (χ4v) is 3.32. The predicted octanol–water partition coefficient (Wildman–Crippen LogP) is 3.99. The average Bonchev–Trinajstić information content (AvgIpc) is 2.03. The van der Waals surface area contributed by atoms with Crippen molar-refractivity contribution in [3.63, 3.8) is 0 Å². The molecule has 0 bridgehead atoms. The Kier molecular flexibility index (Phi) is 7.11. The molecule has 0 rings (SSSR count). The van der Waals surface area contributed by atoms with Crippen LogP contribution >= 0.6 is 18.6 Å². The Hall–Kier alpha value is 0.410. The van der Waals surface area contributed by atoms with Crippen LogP contribution in [-0.4, -0.2) is 11.4 Å². The lowest BCUT2D eigenvalue weighted by molar-refractivity contribution is 0.237. The van der Waals surface area contributed by atoms with Gasteiger partial charge in [-0.25, -0.2) is 0 Å². The minimum Gasteiger partial charge on any atom is -0.133 e. The van der Waals surface area contributed by atoms with Gasteiger partial charge in [-0.05, 0) is 31.3 Å². The van der Waals surface area contributed by atoms with Crippen LogP contribution in [0.2, 0.25) is 0 Å². The maximum absolute atomic E-state index is 11.3. The van der Waals surface area contributed by atoms with E-state index < -0.39 is 7.23 Å². The second-order valence-electron chi connectivity index (χ2n) is 2.87. The molecule has 0 aromatic carbocycles. The van der Waals surface area contributed by atoms with Crippen molar-refractivity contribution in [3.05, 3.63) is 0 Å². The highest BCUT2D eigenvalue weighted by Gasteiger charge is 2.26. The third-order valence-corrected chi connectivity index (χ3v) is 4.93. The summed E-state index contributed by atoms with van der Waals surface area (Å²) in [5, 5.41) is 0.428. The Bertz CT molecular complexity index is 127. The summed E-state index contributed by atoms with van der Waals surface area (Å²) in [4.78, 5) is 0. The van der Waals surface area contributed by atoms with Gasteiger partial charge < -0.3 is 0 Å². The lowest BCUT2D eigenvalue weighted by Crippen LogP contribution is -2.00. The maximum Gasteiger partial charge on any atom is 0.586 e. The van der Waals surface area contributed by atoms with E-state index in [-0.39, 0.29) is 6.10 Å². The molecule has 0 fully saturated rings. The Morgan fingerprint density at radius 2 is 1.92 bits per heavy atom. The van der Waals surface area contributed by atoms with Crippen molar-refractivity contribution in [2.24, 2.45) is 0 Å². The summed E-state index contributed by atoms with van der Waals surface area (Å²) in [7, 11) is -1.50. The summed E-state index contributed by atoms with van der Waals surface area (Å²) in [6.45, 7) is 8.13. The largest absolute Gasteiger partial charge is 0.586 e. The molecule has 0 aromatic rings. The summed E-state index contributed by atoms with van der Waals surface area (Å²) in [5.74, 6) is 0. The standard InChI is InChI=1S/C8H18O2PS/c1-5-7(3)10-11(9)12-8(4)6-2/h7-8H,5-6H2,1-4H3/q+1. The lowest BCUT2D eigenvalue weighted by atomic mass is 10.3. The van der Waals surface area contributed by atoms with Crippen molar-refractivity contribution in [2.75, 3.05) is 0 Å². The van der Waals surface area contributed by atoms with Gasteiger partial charge >= 0.3 is 7.23 Å². The molecule has 0 aliphatic heterocycles. The van der Waals surface area contributed by atoms with E-state index in [9.17, 15) is 4.57 Å². The first-order valence-corrected chi connectivity index (χ1v) is 7.07. The van der Waals surface area contributed by atoms with E-state index in [1.807, 2.05) is 13.8 Å². The Balaban J connectivity index is 3.59. The normalized spacial score (nSPS) is 17.2. The average molecular weight is 209 g/mol. The van der Waals surface area contributed by atoms with Gasteiger partial charge in [0.15, 0.2) is 11.4 Å². The number of hydrogen-bond acceptors (Lipinski definition) is 3. The maximum atomic E-state index is 11.3. The topological polar surface area (TPSA) is 26.3 Å². The smallest absolute Gasteiger partial charge is 0.133 e. The van der Waals surface area contributed by atoms with Gasteiger partial charge in [0.05, 0.1) is 5.25 Å². The third-order valence-electron chi connectivity index (χ3n) is 1.68. The van der Waals surface area contributed by atoms with Crippen LogP contribution in [0.5, 0.6) is 0 Å². The third kappa shape index (κ3) is 5.99. The van der Waals surface area contributed by atoms with Gasteiger partial charge in [0.1, 0.15) is 6.10 Å². The molecular formula is C8H18O2PS+. The van der Waals surface area contributed by atoms with E-state index in [0.29, 0.717) is 5.25 Å². The fourth-order valence-electron chi connectivity index (χ4n) is 0.468. The summed E-state index contributed by atoms with van der Waals surface area (Å²) in [5.41, 5.74) is 0. The molecule has 0 saturated carbocycles. The van der Waals surface area contributed by atoms with Gasteiger partial charge in [-0.1, -0.05) is 13.8 Å². The van der Waals surface area contributed by atoms with Gasteiger partial charge in [-0.3, -0.25) is 0 Å². The van der Waals surface area contributed by atoms with Crippen LogP contribution in [0, 0.1) is 0 Å². The molecule has 0 radical (unpaired) electrons. The van der Waals surface area contributed by atoms with E-state index in [1.165, 1.54) is 11.4 Å². The molecule has 12 heavy (non-hydrogen) atoms. The Morgan fingerprint density at radius 1 is 1.33 bits per heavy atom. The minimum atomic E-state index is -1.50. The summed E-state index contributed by atoms with van der Waals surface area (Å²) in [6, 6.07) is 0. The molecule has 0 saturated heterocycles. The van der Waals surface area contributed by atoms with Crippen LogP contribution in [0.1, 0.15) is 40.5 Å². The number of rotatable bonds is 6. The molecule has 0 amide bonds. The molecule has 0 heterocycles. The highest BCUT2D eigenvalue weighted by Crippen LogP contribution is 2.44. The second-order valence-corrected chi connectivity index (χ2v) is 6.07. The van der Waals surface area contributed by atoms with Gasteiger partial charge in [0.25, 0.3) is 0 Å². The Morgan fingerprint density at radius 3 is 2.33 bits per heavy atom. The van der Waals surface area contributed by atoms with Crippen molar-refractivity contribution in [2.45, 2.75) is 51.9 Å². The monoisotopic (exact) mass is 209 g/mol. The molecule has 0 aromatic heterocycles. The first kappa shape index (κ1) is 12.4. The van der Waals surface area contributed by atoms with Gasteiger partial charge in [-0.15, -0.1) is 4.52 Å². The molecule has 0 spiro atoms. The van der Waals surface area contributed by atoms with Crippen LogP contribution in [-0.2, 0) is 9.09 Å². The zero-order chi connectivity index (χ0) is 9.56. The van der Waals surface area contributed by atoms with Crippen LogP contribution in [0.15, 0.2) is 0 Å². The van der Waals surface area contributed by atoms with Crippen molar-refractivity contribution in [1.29, 1.82) is 0 Å². The van der Waals surface area contributed by atoms with Crippen LogP contribution in [0.3, 0.4) is 0 Å². The van der Waals surface area contributed by atoms with E-state index in [0.717, 1.165) is 12.8 Å². The van der Waals surface area contributed by atoms with E-state index in [1.54, 1.807) is 0 Å². The predicted molar refractivity (Wildman–Crippen MR) is 55.8 cm³/mol. The molecule has 3 unspecified atom stereocenters. The van der Waals surface area contributed by atoms with Gasteiger partial charge in [0, 0.05) is 0 Å². The van der Waals surface area contributed by atoms with E-state index >= 15 is 0 Å². The van der Waals surface area contributed by atoms with Gasteiger partial charge in [-0.2, -0.15) is 0 Å². The number of hydrogen-bond donors (Lipinski definition) is 0. The highest BCUT2D eigenvalue weighted by atomic mass is 32.7. The van der Waals surface area contributed by atoms with E-state index in [4.69, 9.17) is 4.52 Å². The van der Waals surface area contributed by atoms with Crippen molar-refractivity contribution < 1.29 is 9.09 Å². The van der Waals surface area contributed by atoms with Crippen molar-refractivity contribution in [3.8, 4) is 0 Å². The molecule has 0 aliphatic rings. The second kappa shape index (κ2) is 6.88. The quantitative estimate of drug-likeness (QED) is 0.619. The SMILES string of the molecule is CCC(C)O[P+](=O)SC(C)CC. The summed E-state index contributed by atoms with van der Waals surface area (Å²) < 4.78 is 16.5.